The van der Waals surface area contributed by atoms with E-state index in [0.29, 0.717) is 16.0 Å². The summed E-state index contributed by atoms with van der Waals surface area (Å²) in [6, 6.07) is 14.1. The van der Waals surface area contributed by atoms with Crippen molar-refractivity contribution in [3.05, 3.63) is 69.2 Å². The summed E-state index contributed by atoms with van der Waals surface area (Å²) in [5, 5.41) is 1.07. The van der Waals surface area contributed by atoms with Gasteiger partial charge in [-0.25, -0.2) is 0 Å². The van der Waals surface area contributed by atoms with Gasteiger partial charge in [-0.1, -0.05) is 53.5 Å². The predicted molar refractivity (Wildman–Crippen MR) is 115 cm³/mol. The Bertz CT molecular complexity index is 797. The zero-order valence-corrected chi connectivity index (χ0v) is 18.0. The van der Waals surface area contributed by atoms with E-state index in [4.69, 9.17) is 27.9 Å². The molecule has 0 aliphatic heterocycles. The Morgan fingerprint density at radius 3 is 2.32 bits per heavy atom. The van der Waals surface area contributed by atoms with Crippen LogP contribution in [0.25, 0.3) is 0 Å². The summed E-state index contributed by atoms with van der Waals surface area (Å²) in [5.41, 5.74) is 3.47. The number of hydrogen-bond acceptors (Lipinski definition) is 3. The van der Waals surface area contributed by atoms with Crippen molar-refractivity contribution >= 4 is 29.2 Å². The highest BCUT2D eigenvalue weighted by molar-refractivity contribution is 6.35. The fraction of sp³-hybridized carbons (Fsp3) is 0.435. The topological polar surface area (TPSA) is 29.5 Å². The lowest BCUT2D eigenvalue weighted by Gasteiger charge is -2.28. The van der Waals surface area contributed by atoms with E-state index < -0.39 is 0 Å². The minimum atomic E-state index is -0.222. The second-order valence-corrected chi connectivity index (χ2v) is 8.70. The van der Waals surface area contributed by atoms with Crippen LogP contribution in [0.4, 0.5) is 0 Å². The molecule has 0 unspecified atom stereocenters. The van der Waals surface area contributed by atoms with Crippen LogP contribution in [0, 0.1) is 0 Å². The van der Waals surface area contributed by atoms with Crippen LogP contribution in [0.15, 0.2) is 42.5 Å². The first-order valence-corrected chi connectivity index (χ1v) is 10.5. The molecular weight excluding hydrogens is 393 g/mol. The summed E-state index contributed by atoms with van der Waals surface area (Å²) < 4.78 is 5.69. The van der Waals surface area contributed by atoms with Gasteiger partial charge in [-0.3, -0.25) is 4.79 Å². The normalized spacial score (nSPS) is 19.6. The third kappa shape index (κ3) is 5.97. The van der Waals surface area contributed by atoms with E-state index in [-0.39, 0.29) is 18.5 Å². The smallest absolute Gasteiger partial charge is 0.310 e. The van der Waals surface area contributed by atoms with Gasteiger partial charge in [-0.05, 0) is 74.5 Å². The Kier molecular flexibility index (Phi) is 7.39. The number of rotatable bonds is 6. The summed E-state index contributed by atoms with van der Waals surface area (Å²) >= 11 is 12.0. The van der Waals surface area contributed by atoms with Crippen LogP contribution in [0.5, 0.6) is 0 Å². The lowest BCUT2D eigenvalue weighted by Crippen LogP contribution is -2.24. The molecule has 3 rings (SSSR count). The molecule has 28 heavy (non-hydrogen) atoms. The van der Waals surface area contributed by atoms with Gasteiger partial charge < -0.3 is 9.64 Å². The molecule has 0 saturated heterocycles. The Morgan fingerprint density at radius 2 is 1.71 bits per heavy atom. The minimum Gasteiger partial charge on any atom is -0.462 e. The van der Waals surface area contributed by atoms with Crippen molar-refractivity contribution in [2.24, 2.45) is 0 Å². The van der Waals surface area contributed by atoms with Crippen molar-refractivity contribution in [3.63, 3.8) is 0 Å². The monoisotopic (exact) mass is 419 g/mol. The van der Waals surface area contributed by atoms with Gasteiger partial charge in [-0.2, -0.15) is 0 Å². The van der Waals surface area contributed by atoms with Gasteiger partial charge in [0.2, 0.25) is 0 Å². The molecule has 0 aromatic heterocycles. The van der Waals surface area contributed by atoms with Gasteiger partial charge in [0.05, 0.1) is 6.42 Å². The van der Waals surface area contributed by atoms with Crippen molar-refractivity contribution in [3.8, 4) is 0 Å². The largest absolute Gasteiger partial charge is 0.462 e. The molecule has 0 atom stereocenters. The summed E-state index contributed by atoms with van der Waals surface area (Å²) in [4.78, 5) is 14.4. The van der Waals surface area contributed by atoms with Crippen LogP contribution in [0.2, 0.25) is 10.0 Å². The Morgan fingerprint density at radius 1 is 1.04 bits per heavy atom. The highest BCUT2D eigenvalue weighted by atomic mass is 35.5. The first kappa shape index (κ1) is 21.2. The van der Waals surface area contributed by atoms with Gasteiger partial charge in [0.25, 0.3) is 0 Å². The molecule has 5 heteroatoms. The van der Waals surface area contributed by atoms with Crippen molar-refractivity contribution < 1.29 is 9.53 Å². The number of carbonyl (C=O) groups excluding carboxylic acids is 1. The van der Waals surface area contributed by atoms with Crippen molar-refractivity contribution in [1.82, 2.24) is 4.90 Å². The lowest BCUT2D eigenvalue weighted by molar-refractivity contribution is -0.149. The molecular formula is C23H27Cl2NO2. The second kappa shape index (κ2) is 9.78. The number of halogens is 2. The van der Waals surface area contributed by atoms with Gasteiger partial charge in [0.1, 0.15) is 6.10 Å². The van der Waals surface area contributed by atoms with Gasteiger partial charge in [0, 0.05) is 16.6 Å². The maximum Gasteiger partial charge on any atom is 0.310 e. The number of nitrogens with zero attached hydrogens (tertiary/aromatic N) is 1. The van der Waals surface area contributed by atoms with Crippen LogP contribution >= 0.6 is 23.2 Å². The zero-order chi connectivity index (χ0) is 20.1. The molecule has 0 heterocycles. The van der Waals surface area contributed by atoms with E-state index in [1.54, 1.807) is 18.2 Å². The van der Waals surface area contributed by atoms with Gasteiger partial charge in [-0.15, -0.1) is 0 Å². The summed E-state index contributed by atoms with van der Waals surface area (Å²) in [6.07, 6.45) is 4.10. The average molecular weight is 420 g/mol. The maximum atomic E-state index is 12.3. The van der Waals surface area contributed by atoms with Gasteiger partial charge in [0.15, 0.2) is 0 Å². The number of hydrogen-bond donors (Lipinski definition) is 0. The summed E-state index contributed by atoms with van der Waals surface area (Å²) in [7, 11) is 4.16. The molecule has 0 radical (unpaired) electrons. The van der Waals surface area contributed by atoms with E-state index in [1.807, 2.05) is 0 Å². The van der Waals surface area contributed by atoms with E-state index in [9.17, 15) is 4.79 Å². The quantitative estimate of drug-likeness (QED) is 0.548. The van der Waals surface area contributed by atoms with Crippen LogP contribution < -0.4 is 0 Å². The Labute approximate surface area is 177 Å². The molecule has 1 saturated carbocycles. The molecule has 2 aromatic rings. The molecule has 150 valence electrons. The van der Waals surface area contributed by atoms with Gasteiger partial charge >= 0.3 is 5.97 Å². The number of ether oxygens (including phenoxy) is 1. The Balaban J connectivity index is 1.47. The van der Waals surface area contributed by atoms with Crippen molar-refractivity contribution in [1.29, 1.82) is 0 Å². The van der Waals surface area contributed by atoms with Crippen LogP contribution in [-0.4, -0.2) is 31.1 Å². The molecule has 3 nitrogen and oxygen atoms in total. The first-order chi connectivity index (χ1) is 13.4. The van der Waals surface area contributed by atoms with E-state index in [1.165, 1.54) is 11.1 Å². The number of benzene rings is 2. The molecule has 0 amide bonds. The minimum absolute atomic E-state index is 0.00263. The molecule has 1 aliphatic rings. The van der Waals surface area contributed by atoms with Crippen molar-refractivity contribution in [2.45, 2.75) is 50.7 Å². The molecule has 0 N–H and O–H groups in total. The van der Waals surface area contributed by atoms with Crippen molar-refractivity contribution in [2.75, 3.05) is 14.1 Å². The average Bonchev–Trinajstić information content (AvgIpc) is 2.65. The standard InChI is InChI=1S/C23H27Cl2NO2/c1-26(2)15-16-3-5-17(6-4-16)18-8-11-21(12-9-18)28-23(27)13-19-7-10-20(24)14-22(19)25/h3-7,10,14,18,21H,8-9,11-13,15H2,1-2H3/t18-,21-. The SMILES string of the molecule is CN(C)Cc1ccc([C@H]2CC[C@H](OC(=O)Cc3ccc(Cl)cc3Cl)CC2)cc1. The maximum absolute atomic E-state index is 12.3. The zero-order valence-electron chi connectivity index (χ0n) is 16.5. The molecule has 1 fully saturated rings. The summed E-state index contributed by atoms with van der Waals surface area (Å²) in [6.45, 7) is 0.959. The molecule has 0 spiro atoms. The number of esters is 1. The first-order valence-electron chi connectivity index (χ1n) is 9.77. The summed E-state index contributed by atoms with van der Waals surface area (Å²) in [5.74, 6) is 0.328. The predicted octanol–water partition coefficient (Wildman–Crippen LogP) is 5.87. The molecule has 1 aliphatic carbocycles. The third-order valence-electron chi connectivity index (χ3n) is 5.27. The molecule has 2 aromatic carbocycles. The third-order valence-corrected chi connectivity index (χ3v) is 5.86. The Hall–Kier alpha value is -1.55. The lowest BCUT2D eigenvalue weighted by atomic mass is 9.82. The fourth-order valence-electron chi connectivity index (χ4n) is 3.82. The van der Waals surface area contributed by atoms with Crippen LogP contribution in [0.1, 0.15) is 48.3 Å². The van der Waals surface area contributed by atoms with E-state index in [0.717, 1.165) is 37.8 Å². The van der Waals surface area contributed by atoms with E-state index >= 15 is 0 Å². The highest BCUT2D eigenvalue weighted by Gasteiger charge is 2.25. The number of carbonyl (C=O) groups is 1. The van der Waals surface area contributed by atoms with E-state index in [2.05, 4.69) is 43.3 Å². The van der Waals surface area contributed by atoms with Crippen LogP contribution in [0.3, 0.4) is 0 Å². The second-order valence-electron chi connectivity index (χ2n) is 7.86. The highest BCUT2D eigenvalue weighted by Crippen LogP contribution is 2.34. The fourth-order valence-corrected chi connectivity index (χ4v) is 4.30. The molecule has 0 bridgehead atoms. The van der Waals surface area contributed by atoms with Crippen LogP contribution in [-0.2, 0) is 22.5 Å².